The summed E-state index contributed by atoms with van der Waals surface area (Å²) >= 11 is 0. The van der Waals surface area contributed by atoms with Crippen molar-refractivity contribution < 1.29 is 0 Å². The summed E-state index contributed by atoms with van der Waals surface area (Å²) in [6, 6.07) is 7.35. The number of fused-ring (bicyclic) bond motifs is 1. The van der Waals surface area contributed by atoms with E-state index >= 15 is 0 Å². The first-order chi connectivity index (χ1) is 8.36. The van der Waals surface area contributed by atoms with E-state index in [-0.39, 0.29) is 0 Å². The summed E-state index contributed by atoms with van der Waals surface area (Å²) < 4.78 is 0. The summed E-state index contributed by atoms with van der Waals surface area (Å²) in [5.41, 5.74) is 4.58. The van der Waals surface area contributed by atoms with Gasteiger partial charge in [-0.05, 0) is 49.5 Å². The van der Waals surface area contributed by atoms with Crippen molar-refractivity contribution in [2.24, 2.45) is 0 Å². The molecule has 2 heterocycles. The molecule has 1 saturated heterocycles. The zero-order valence-electron chi connectivity index (χ0n) is 10.7. The van der Waals surface area contributed by atoms with Crippen molar-refractivity contribution in [3.63, 3.8) is 0 Å². The van der Waals surface area contributed by atoms with Gasteiger partial charge >= 0.3 is 0 Å². The predicted octanol–water partition coefficient (Wildman–Crippen LogP) is 2.63. The maximum atomic E-state index is 3.57. The van der Waals surface area contributed by atoms with Crippen LogP contribution in [-0.4, -0.2) is 24.5 Å². The molecule has 0 aromatic heterocycles. The highest BCUT2D eigenvalue weighted by atomic mass is 15.2. The first kappa shape index (κ1) is 11.2. The predicted molar refractivity (Wildman–Crippen MR) is 71.1 cm³/mol. The van der Waals surface area contributed by atoms with Gasteiger partial charge in [-0.15, -0.1) is 0 Å². The average Bonchev–Trinajstić information content (AvgIpc) is 2.39. The molecule has 2 aliphatic heterocycles. The van der Waals surface area contributed by atoms with Crippen molar-refractivity contribution in [2.75, 3.05) is 19.6 Å². The van der Waals surface area contributed by atoms with E-state index in [4.69, 9.17) is 0 Å². The lowest BCUT2D eigenvalue weighted by atomic mass is 9.90. The first-order valence-electron chi connectivity index (χ1n) is 6.89. The van der Waals surface area contributed by atoms with Gasteiger partial charge in [0, 0.05) is 19.1 Å². The molecule has 0 spiro atoms. The SMILES string of the molecule is Cc1cccc2c1[C@H](N1CCCCC1)CNC2. The van der Waals surface area contributed by atoms with Crippen LogP contribution in [0.5, 0.6) is 0 Å². The highest BCUT2D eigenvalue weighted by Crippen LogP contribution is 2.31. The maximum absolute atomic E-state index is 3.57. The van der Waals surface area contributed by atoms with E-state index in [2.05, 4.69) is 35.3 Å². The smallest absolute Gasteiger partial charge is 0.0478 e. The Kier molecular flexibility index (Phi) is 3.17. The third-order valence-electron chi connectivity index (χ3n) is 4.23. The number of likely N-dealkylation sites (tertiary alicyclic amines) is 1. The molecule has 0 saturated carbocycles. The lowest BCUT2D eigenvalue weighted by molar-refractivity contribution is 0.154. The molecule has 0 unspecified atom stereocenters. The number of rotatable bonds is 1. The average molecular weight is 230 g/mol. The molecular formula is C15H22N2. The molecule has 3 rings (SSSR count). The van der Waals surface area contributed by atoms with Gasteiger partial charge in [-0.3, -0.25) is 4.90 Å². The quantitative estimate of drug-likeness (QED) is 0.798. The van der Waals surface area contributed by atoms with Gasteiger partial charge in [0.25, 0.3) is 0 Å². The topological polar surface area (TPSA) is 15.3 Å². The van der Waals surface area contributed by atoms with Gasteiger partial charge in [-0.25, -0.2) is 0 Å². The van der Waals surface area contributed by atoms with Crippen molar-refractivity contribution in [3.05, 3.63) is 34.9 Å². The second kappa shape index (κ2) is 4.79. The number of hydrogen-bond acceptors (Lipinski definition) is 2. The highest BCUT2D eigenvalue weighted by Gasteiger charge is 2.27. The number of aryl methyl sites for hydroxylation is 1. The van der Waals surface area contributed by atoms with Crippen LogP contribution in [0.2, 0.25) is 0 Å². The molecule has 1 fully saturated rings. The van der Waals surface area contributed by atoms with Crippen LogP contribution in [0.3, 0.4) is 0 Å². The van der Waals surface area contributed by atoms with E-state index in [1.165, 1.54) is 43.5 Å². The molecule has 1 aromatic rings. The van der Waals surface area contributed by atoms with E-state index in [1.54, 1.807) is 5.56 Å². The number of piperidine rings is 1. The standard InChI is InChI=1S/C15H22N2/c1-12-6-5-7-13-10-16-11-14(15(12)13)17-8-3-2-4-9-17/h5-7,14,16H,2-4,8-11H2,1H3/t14-/m1/s1. The Morgan fingerprint density at radius 3 is 2.82 bits per heavy atom. The van der Waals surface area contributed by atoms with E-state index in [1.807, 2.05) is 0 Å². The van der Waals surface area contributed by atoms with Gasteiger partial charge in [0.15, 0.2) is 0 Å². The molecule has 0 aliphatic carbocycles. The second-order valence-corrected chi connectivity index (χ2v) is 5.39. The Bertz CT molecular complexity index is 394. The van der Waals surface area contributed by atoms with Crippen LogP contribution in [0.25, 0.3) is 0 Å². The Morgan fingerprint density at radius 1 is 1.18 bits per heavy atom. The van der Waals surface area contributed by atoms with Gasteiger partial charge in [-0.2, -0.15) is 0 Å². The van der Waals surface area contributed by atoms with E-state index in [0.717, 1.165) is 13.1 Å². The molecule has 17 heavy (non-hydrogen) atoms. The fourth-order valence-corrected chi connectivity index (χ4v) is 3.36. The second-order valence-electron chi connectivity index (χ2n) is 5.39. The van der Waals surface area contributed by atoms with Crippen LogP contribution in [0.15, 0.2) is 18.2 Å². The molecule has 1 atom stereocenters. The van der Waals surface area contributed by atoms with Gasteiger partial charge in [-0.1, -0.05) is 24.6 Å². The monoisotopic (exact) mass is 230 g/mol. The molecule has 0 amide bonds. The molecule has 2 aliphatic rings. The normalized spacial score (nSPS) is 25.6. The minimum atomic E-state index is 0.611. The summed E-state index contributed by atoms with van der Waals surface area (Å²) in [6.45, 7) is 6.99. The van der Waals surface area contributed by atoms with Crippen LogP contribution in [0, 0.1) is 6.92 Å². The van der Waals surface area contributed by atoms with E-state index in [9.17, 15) is 0 Å². The summed E-state index contributed by atoms with van der Waals surface area (Å²) in [6.07, 6.45) is 4.16. The largest absolute Gasteiger partial charge is 0.311 e. The molecule has 2 heteroatoms. The Hall–Kier alpha value is -0.860. The maximum Gasteiger partial charge on any atom is 0.0478 e. The first-order valence-corrected chi connectivity index (χ1v) is 6.89. The molecular weight excluding hydrogens is 208 g/mol. The van der Waals surface area contributed by atoms with E-state index in [0.29, 0.717) is 6.04 Å². The third kappa shape index (κ3) is 2.12. The molecule has 0 bridgehead atoms. The van der Waals surface area contributed by atoms with Crippen LogP contribution in [0.4, 0.5) is 0 Å². The molecule has 92 valence electrons. The minimum Gasteiger partial charge on any atom is -0.311 e. The summed E-state index contributed by atoms with van der Waals surface area (Å²) in [5, 5.41) is 3.57. The van der Waals surface area contributed by atoms with Gasteiger partial charge in [0.2, 0.25) is 0 Å². The number of benzene rings is 1. The molecule has 1 aromatic carbocycles. The highest BCUT2D eigenvalue weighted by molar-refractivity contribution is 5.38. The molecule has 2 nitrogen and oxygen atoms in total. The van der Waals surface area contributed by atoms with Crippen LogP contribution < -0.4 is 5.32 Å². The molecule has 1 N–H and O–H groups in total. The van der Waals surface area contributed by atoms with Gasteiger partial charge in [0.1, 0.15) is 0 Å². The number of hydrogen-bond donors (Lipinski definition) is 1. The number of nitrogens with one attached hydrogen (secondary N) is 1. The fourth-order valence-electron chi connectivity index (χ4n) is 3.36. The molecule has 0 radical (unpaired) electrons. The van der Waals surface area contributed by atoms with Gasteiger partial charge < -0.3 is 5.32 Å². The zero-order valence-corrected chi connectivity index (χ0v) is 10.7. The van der Waals surface area contributed by atoms with Crippen molar-refractivity contribution in [1.29, 1.82) is 0 Å². The van der Waals surface area contributed by atoms with Gasteiger partial charge in [0.05, 0.1) is 0 Å². The van der Waals surface area contributed by atoms with Crippen molar-refractivity contribution in [2.45, 2.75) is 38.8 Å². The Balaban J connectivity index is 1.92. The number of nitrogens with zero attached hydrogens (tertiary/aromatic N) is 1. The fraction of sp³-hybridized carbons (Fsp3) is 0.600. The zero-order chi connectivity index (χ0) is 11.7. The lowest BCUT2D eigenvalue weighted by Crippen LogP contribution is -2.42. The van der Waals surface area contributed by atoms with Crippen molar-refractivity contribution in [3.8, 4) is 0 Å². The van der Waals surface area contributed by atoms with E-state index < -0.39 is 0 Å². The van der Waals surface area contributed by atoms with Crippen LogP contribution in [0.1, 0.15) is 42.0 Å². The third-order valence-corrected chi connectivity index (χ3v) is 4.23. The van der Waals surface area contributed by atoms with Crippen molar-refractivity contribution in [1.82, 2.24) is 10.2 Å². The Morgan fingerprint density at radius 2 is 2.00 bits per heavy atom. The van der Waals surface area contributed by atoms with Crippen LogP contribution >= 0.6 is 0 Å². The minimum absolute atomic E-state index is 0.611. The van der Waals surface area contributed by atoms with Crippen LogP contribution in [-0.2, 0) is 6.54 Å². The lowest BCUT2D eigenvalue weighted by Gasteiger charge is -2.39. The summed E-state index contributed by atoms with van der Waals surface area (Å²) in [5.74, 6) is 0. The summed E-state index contributed by atoms with van der Waals surface area (Å²) in [4.78, 5) is 2.68. The van der Waals surface area contributed by atoms with Crippen molar-refractivity contribution >= 4 is 0 Å². The summed E-state index contributed by atoms with van der Waals surface area (Å²) in [7, 11) is 0. The Labute approximate surface area is 104 Å².